The van der Waals surface area contributed by atoms with Crippen molar-refractivity contribution in [3.05, 3.63) is 29.8 Å². The Kier molecular flexibility index (Phi) is 6.09. The Morgan fingerprint density at radius 3 is 2.45 bits per heavy atom. The van der Waals surface area contributed by atoms with Crippen LogP contribution in [0.5, 0.6) is 0 Å². The number of carboxylic acids is 1. The summed E-state index contributed by atoms with van der Waals surface area (Å²) >= 11 is 0. The van der Waals surface area contributed by atoms with Crippen molar-refractivity contribution in [1.82, 2.24) is 0 Å². The second kappa shape index (κ2) is 7.57. The van der Waals surface area contributed by atoms with Crippen LogP contribution in [-0.2, 0) is 9.59 Å². The van der Waals surface area contributed by atoms with Crippen molar-refractivity contribution < 1.29 is 23.5 Å². The van der Waals surface area contributed by atoms with Crippen LogP contribution >= 0.6 is 0 Å². The summed E-state index contributed by atoms with van der Waals surface area (Å²) in [4.78, 5) is 23.8. The van der Waals surface area contributed by atoms with Gasteiger partial charge in [-0.1, -0.05) is 13.3 Å². The number of hydrogen-bond acceptors (Lipinski definition) is 2. The highest BCUT2D eigenvalue weighted by Crippen LogP contribution is 2.20. The number of aliphatic carboxylic acids is 1. The van der Waals surface area contributed by atoms with Gasteiger partial charge in [-0.2, -0.15) is 0 Å². The monoisotopic (exact) mass is 285 g/mol. The predicted molar refractivity (Wildman–Crippen MR) is 70.5 cm³/mol. The van der Waals surface area contributed by atoms with Crippen LogP contribution in [-0.4, -0.2) is 23.5 Å². The molecule has 0 fully saturated rings. The van der Waals surface area contributed by atoms with Crippen LogP contribution in [0.3, 0.4) is 0 Å². The van der Waals surface area contributed by atoms with E-state index in [1.165, 1.54) is 11.0 Å². The first-order valence-corrected chi connectivity index (χ1v) is 6.43. The summed E-state index contributed by atoms with van der Waals surface area (Å²) < 4.78 is 26.1. The number of carbonyl (C=O) groups excluding carboxylic acids is 1. The van der Waals surface area contributed by atoms with E-state index in [-0.39, 0.29) is 31.0 Å². The van der Waals surface area contributed by atoms with Gasteiger partial charge in [0.25, 0.3) is 0 Å². The van der Waals surface area contributed by atoms with Crippen molar-refractivity contribution in [1.29, 1.82) is 0 Å². The number of rotatable bonds is 7. The maximum absolute atomic E-state index is 13.2. The first-order valence-electron chi connectivity index (χ1n) is 6.43. The zero-order valence-corrected chi connectivity index (χ0v) is 11.2. The number of unbranched alkanes of at least 4 members (excludes halogenated alkanes) is 1. The smallest absolute Gasteiger partial charge is 0.305 e. The van der Waals surface area contributed by atoms with Gasteiger partial charge in [0.1, 0.15) is 0 Å². The molecule has 0 saturated carbocycles. The van der Waals surface area contributed by atoms with Gasteiger partial charge in [0.2, 0.25) is 5.91 Å². The average Bonchev–Trinajstić information content (AvgIpc) is 2.40. The second-order valence-electron chi connectivity index (χ2n) is 4.39. The van der Waals surface area contributed by atoms with Crippen molar-refractivity contribution in [2.45, 2.75) is 32.6 Å². The van der Waals surface area contributed by atoms with E-state index >= 15 is 0 Å². The number of carboxylic acid groups (broad SMARTS) is 1. The Balaban J connectivity index is 2.92. The number of nitrogens with zero attached hydrogens (tertiary/aromatic N) is 1. The highest BCUT2D eigenvalue weighted by Gasteiger charge is 2.17. The maximum atomic E-state index is 13.2. The molecule has 0 heterocycles. The van der Waals surface area contributed by atoms with E-state index < -0.39 is 17.6 Å². The van der Waals surface area contributed by atoms with Crippen molar-refractivity contribution in [2.24, 2.45) is 0 Å². The first-order chi connectivity index (χ1) is 9.45. The van der Waals surface area contributed by atoms with Gasteiger partial charge < -0.3 is 10.0 Å². The molecule has 0 saturated heterocycles. The van der Waals surface area contributed by atoms with E-state index in [0.717, 1.165) is 18.6 Å². The van der Waals surface area contributed by atoms with Crippen molar-refractivity contribution >= 4 is 17.6 Å². The minimum Gasteiger partial charge on any atom is -0.481 e. The third-order valence-corrected chi connectivity index (χ3v) is 2.81. The van der Waals surface area contributed by atoms with Gasteiger partial charge in [-0.15, -0.1) is 0 Å². The quantitative estimate of drug-likeness (QED) is 0.838. The van der Waals surface area contributed by atoms with Crippen molar-refractivity contribution in [3.8, 4) is 0 Å². The third-order valence-electron chi connectivity index (χ3n) is 2.81. The Morgan fingerprint density at radius 2 is 1.90 bits per heavy atom. The molecule has 1 amide bonds. The fraction of sp³-hybridized carbons (Fsp3) is 0.429. The molecule has 0 aromatic heterocycles. The van der Waals surface area contributed by atoms with Gasteiger partial charge in [0.05, 0.1) is 6.42 Å². The molecule has 1 rings (SSSR count). The lowest BCUT2D eigenvalue weighted by atomic mass is 10.2. The molecule has 0 aliphatic carbocycles. The summed E-state index contributed by atoms with van der Waals surface area (Å²) in [6, 6.07) is 3.09. The molecule has 20 heavy (non-hydrogen) atoms. The largest absolute Gasteiger partial charge is 0.481 e. The molecule has 4 nitrogen and oxygen atoms in total. The summed E-state index contributed by atoms with van der Waals surface area (Å²) in [5.41, 5.74) is 0.172. The third kappa shape index (κ3) is 4.60. The minimum absolute atomic E-state index is 0.0665. The second-order valence-corrected chi connectivity index (χ2v) is 4.39. The SMILES string of the molecule is CCCCC(=O)N(CCC(=O)O)c1ccc(F)c(F)c1. The van der Waals surface area contributed by atoms with Gasteiger partial charge >= 0.3 is 5.97 Å². The topological polar surface area (TPSA) is 57.6 Å². The molecular formula is C14H17F2NO3. The first kappa shape index (κ1) is 16.1. The maximum Gasteiger partial charge on any atom is 0.305 e. The Hall–Kier alpha value is -1.98. The van der Waals surface area contributed by atoms with E-state index in [4.69, 9.17) is 5.11 Å². The van der Waals surface area contributed by atoms with E-state index in [0.29, 0.717) is 6.42 Å². The molecular weight excluding hydrogens is 268 g/mol. The van der Waals surface area contributed by atoms with E-state index in [2.05, 4.69) is 0 Å². The number of anilines is 1. The van der Waals surface area contributed by atoms with Crippen LogP contribution in [0.15, 0.2) is 18.2 Å². The van der Waals surface area contributed by atoms with E-state index in [9.17, 15) is 18.4 Å². The molecule has 1 aromatic carbocycles. The molecule has 1 aromatic rings. The van der Waals surface area contributed by atoms with Crippen molar-refractivity contribution in [2.75, 3.05) is 11.4 Å². The standard InChI is InChI=1S/C14H17F2NO3/c1-2-3-4-13(18)17(8-7-14(19)20)10-5-6-11(15)12(16)9-10/h5-6,9H,2-4,7-8H2,1H3,(H,19,20). The van der Waals surface area contributed by atoms with Gasteiger partial charge in [0, 0.05) is 24.7 Å². The fourth-order valence-corrected chi connectivity index (χ4v) is 1.72. The molecule has 0 aliphatic heterocycles. The van der Waals surface area contributed by atoms with Crippen LogP contribution in [0.2, 0.25) is 0 Å². The number of benzene rings is 1. The Labute approximate surface area is 116 Å². The Bertz CT molecular complexity index is 491. The minimum atomic E-state index is -1.06. The molecule has 1 N–H and O–H groups in total. The van der Waals surface area contributed by atoms with Crippen molar-refractivity contribution in [3.63, 3.8) is 0 Å². The summed E-state index contributed by atoms with van der Waals surface area (Å²) in [7, 11) is 0. The summed E-state index contributed by atoms with van der Waals surface area (Å²) in [6.45, 7) is 1.86. The summed E-state index contributed by atoms with van der Waals surface area (Å²) in [5, 5.41) is 8.69. The molecule has 0 atom stereocenters. The zero-order chi connectivity index (χ0) is 15.1. The molecule has 0 aliphatic rings. The number of halogens is 2. The predicted octanol–water partition coefficient (Wildman–Crippen LogP) is 2.96. The summed E-state index contributed by atoms with van der Waals surface area (Å²) in [5.74, 6) is -3.42. The van der Waals surface area contributed by atoms with Gasteiger partial charge in [-0.3, -0.25) is 9.59 Å². The molecule has 0 radical (unpaired) electrons. The van der Waals surface area contributed by atoms with Crippen LogP contribution in [0, 0.1) is 11.6 Å². The highest BCUT2D eigenvalue weighted by molar-refractivity contribution is 5.93. The van der Waals surface area contributed by atoms with Gasteiger partial charge in [-0.05, 0) is 18.6 Å². The van der Waals surface area contributed by atoms with Crippen LogP contribution in [0.25, 0.3) is 0 Å². The molecule has 0 unspecified atom stereocenters. The van der Waals surface area contributed by atoms with Crippen LogP contribution < -0.4 is 4.90 Å². The van der Waals surface area contributed by atoms with E-state index in [1.54, 1.807) is 0 Å². The molecule has 6 heteroatoms. The zero-order valence-electron chi connectivity index (χ0n) is 11.2. The molecule has 110 valence electrons. The normalized spacial score (nSPS) is 10.3. The number of hydrogen-bond donors (Lipinski definition) is 1. The lowest BCUT2D eigenvalue weighted by molar-refractivity contribution is -0.136. The number of carbonyl (C=O) groups is 2. The highest BCUT2D eigenvalue weighted by atomic mass is 19.2. The molecule has 0 spiro atoms. The average molecular weight is 285 g/mol. The van der Waals surface area contributed by atoms with Gasteiger partial charge in [-0.25, -0.2) is 8.78 Å². The fourth-order valence-electron chi connectivity index (χ4n) is 1.72. The van der Waals surface area contributed by atoms with Crippen LogP contribution in [0.1, 0.15) is 32.6 Å². The lowest BCUT2D eigenvalue weighted by Gasteiger charge is -2.22. The Morgan fingerprint density at radius 1 is 1.20 bits per heavy atom. The van der Waals surface area contributed by atoms with E-state index in [1.807, 2.05) is 6.92 Å². The lowest BCUT2D eigenvalue weighted by Crippen LogP contribution is -2.33. The summed E-state index contributed by atoms with van der Waals surface area (Å²) in [6.07, 6.45) is 1.47. The van der Waals surface area contributed by atoms with Crippen LogP contribution in [0.4, 0.5) is 14.5 Å². The number of amides is 1. The van der Waals surface area contributed by atoms with Gasteiger partial charge in [0.15, 0.2) is 11.6 Å². The molecule has 0 bridgehead atoms.